The average Bonchev–Trinajstić information content (AvgIpc) is 3.47. The van der Waals surface area contributed by atoms with Crippen molar-refractivity contribution >= 4 is 16.7 Å². The second kappa shape index (κ2) is 10.6. The highest BCUT2D eigenvalue weighted by molar-refractivity contribution is 6.08. The van der Waals surface area contributed by atoms with Crippen LogP contribution in [0.1, 0.15) is 10.5 Å². The average molecular weight is 550 g/mol. The lowest BCUT2D eigenvalue weighted by molar-refractivity contribution is 0.0591. The fraction of sp³-hybridized carbons (Fsp3) is 0.241. The minimum absolute atomic E-state index is 0.0413. The van der Waals surface area contributed by atoms with Crippen LogP contribution in [0.3, 0.4) is 0 Å². The molecule has 0 radical (unpaired) electrons. The second-order valence-corrected chi connectivity index (χ2v) is 8.56. The summed E-state index contributed by atoms with van der Waals surface area (Å²) in [4.78, 5) is 27.7. The molecule has 0 N–H and O–H groups in total. The van der Waals surface area contributed by atoms with Crippen molar-refractivity contribution in [1.82, 2.24) is 4.57 Å². The maximum absolute atomic E-state index is 14.2. The number of methoxy groups -OCH3 is 6. The Morgan fingerprint density at radius 1 is 0.725 bits per heavy atom. The molecule has 0 fully saturated rings. The Morgan fingerprint density at radius 3 is 1.90 bits per heavy atom. The molecule has 5 rings (SSSR count). The van der Waals surface area contributed by atoms with E-state index in [0.717, 1.165) is 0 Å². The van der Waals surface area contributed by atoms with Crippen molar-refractivity contribution in [3.63, 3.8) is 0 Å². The summed E-state index contributed by atoms with van der Waals surface area (Å²) in [6.45, 7) is 0.0446. The highest BCUT2D eigenvalue weighted by Gasteiger charge is 2.29. The zero-order valence-corrected chi connectivity index (χ0v) is 22.8. The number of carbonyl (C=O) groups is 1. The van der Waals surface area contributed by atoms with E-state index in [4.69, 9.17) is 37.9 Å². The van der Waals surface area contributed by atoms with Crippen molar-refractivity contribution in [3.05, 3.63) is 58.5 Å². The Kier molecular flexibility index (Phi) is 7.03. The van der Waals surface area contributed by atoms with Crippen LogP contribution < -0.4 is 38.7 Å². The van der Waals surface area contributed by atoms with Crippen molar-refractivity contribution in [3.8, 4) is 57.1 Å². The molecule has 4 aromatic rings. The van der Waals surface area contributed by atoms with Gasteiger partial charge in [-0.25, -0.2) is 4.79 Å². The summed E-state index contributed by atoms with van der Waals surface area (Å²) in [7, 11) is 8.67. The number of aromatic nitrogens is 1. The molecular formula is C29H27NO10. The van der Waals surface area contributed by atoms with Crippen LogP contribution in [0.4, 0.5) is 0 Å². The number of rotatable bonds is 8. The smallest absolute Gasteiger partial charge is 0.355 e. The van der Waals surface area contributed by atoms with Gasteiger partial charge in [0, 0.05) is 17.0 Å². The lowest BCUT2D eigenvalue weighted by Crippen LogP contribution is -2.27. The SMILES string of the molecule is COC(=O)c1c(-c2cc(OC)c(OC)c(OC)c2)c2cc(OC)c(OC)cc2c(=O)n1-c1ccc2c(c1)OCO2. The molecule has 0 saturated heterocycles. The first-order chi connectivity index (χ1) is 19.4. The zero-order valence-electron chi connectivity index (χ0n) is 22.8. The number of hydrogen-bond donors (Lipinski definition) is 0. The number of hydrogen-bond acceptors (Lipinski definition) is 10. The van der Waals surface area contributed by atoms with E-state index in [1.54, 1.807) is 42.5 Å². The Bertz CT molecular complexity index is 1670. The summed E-state index contributed by atoms with van der Waals surface area (Å²) in [5.74, 6) is 1.96. The third-order valence-electron chi connectivity index (χ3n) is 6.63. The fourth-order valence-corrected chi connectivity index (χ4v) is 4.80. The molecule has 11 heteroatoms. The van der Waals surface area contributed by atoms with Crippen LogP contribution in [0.2, 0.25) is 0 Å². The van der Waals surface area contributed by atoms with E-state index in [9.17, 15) is 9.59 Å². The zero-order chi connectivity index (χ0) is 28.6. The Morgan fingerprint density at radius 2 is 1.32 bits per heavy atom. The van der Waals surface area contributed by atoms with E-state index < -0.39 is 11.5 Å². The van der Waals surface area contributed by atoms with Gasteiger partial charge in [-0.1, -0.05) is 0 Å². The predicted molar refractivity (Wildman–Crippen MR) is 145 cm³/mol. The molecule has 0 aliphatic carbocycles. The van der Waals surface area contributed by atoms with Gasteiger partial charge in [-0.05, 0) is 42.0 Å². The quantitative estimate of drug-likeness (QED) is 0.296. The number of fused-ring (bicyclic) bond motifs is 2. The molecule has 40 heavy (non-hydrogen) atoms. The molecular weight excluding hydrogens is 522 g/mol. The van der Waals surface area contributed by atoms with Gasteiger partial charge in [0.05, 0.1) is 53.7 Å². The molecule has 0 spiro atoms. The van der Waals surface area contributed by atoms with Crippen molar-refractivity contribution in [2.45, 2.75) is 0 Å². The molecule has 11 nitrogen and oxygen atoms in total. The Labute approximate surface area is 229 Å². The molecule has 1 aliphatic heterocycles. The molecule has 3 aromatic carbocycles. The molecule has 0 unspecified atom stereocenters. The van der Waals surface area contributed by atoms with Crippen LogP contribution in [0.15, 0.2) is 47.3 Å². The summed E-state index contributed by atoms with van der Waals surface area (Å²) >= 11 is 0. The van der Waals surface area contributed by atoms with Crippen molar-refractivity contribution in [2.24, 2.45) is 0 Å². The van der Waals surface area contributed by atoms with Crippen LogP contribution in [0, 0.1) is 0 Å². The minimum Gasteiger partial charge on any atom is -0.493 e. The highest BCUT2D eigenvalue weighted by Crippen LogP contribution is 2.45. The standard InChI is InChI=1S/C29H27NO10/c1-33-20-12-17-18(13-21(20)34-2)28(31)30(16-7-8-19-22(11-16)40-14-39-19)26(29(32)38-6)25(17)15-9-23(35-3)27(37-5)24(10-15)36-4/h7-13H,14H2,1-6H3. The first kappa shape index (κ1) is 26.5. The normalized spacial score (nSPS) is 11.8. The number of carbonyl (C=O) groups excluding carboxylic acids is 1. The highest BCUT2D eigenvalue weighted by atomic mass is 16.7. The number of benzene rings is 3. The van der Waals surface area contributed by atoms with Crippen LogP contribution in [-0.2, 0) is 4.74 Å². The predicted octanol–water partition coefficient (Wildman–Crippen LogP) is 4.22. The summed E-state index contributed by atoms with van der Waals surface area (Å²) < 4.78 is 45.2. The molecule has 1 aromatic heterocycles. The fourth-order valence-electron chi connectivity index (χ4n) is 4.80. The number of pyridine rings is 1. The van der Waals surface area contributed by atoms with Gasteiger partial charge in [0.25, 0.3) is 5.56 Å². The van der Waals surface area contributed by atoms with Gasteiger partial charge in [-0.15, -0.1) is 0 Å². The Balaban J connectivity index is 2.00. The number of esters is 1. The maximum Gasteiger partial charge on any atom is 0.355 e. The van der Waals surface area contributed by atoms with E-state index >= 15 is 0 Å². The summed E-state index contributed by atoms with van der Waals surface area (Å²) in [5.41, 5.74) is 0.674. The third-order valence-corrected chi connectivity index (χ3v) is 6.63. The molecule has 2 heterocycles. The second-order valence-electron chi connectivity index (χ2n) is 8.56. The lowest BCUT2D eigenvalue weighted by atomic mass is 9.95. The Hall–Kier alpha value is -5.06. The van der Waals surface area contributed by atoms with Gasteiger partial charge < -0.3 is 37.9 Å². The molecule has 0 atom stereocenters. The van der Waals surface area contributed by atoms with Gasteiger partial charge in [0.1, 0.15) is 5.69 Å². The monoisotopic (exact) mass is 549 g/mol. The van der Waals surface area contributed by atoms with Gasteiger partial charge in [-0.3, -0.25) is 9.36 Å². The van der Waals surface area contributed by atoms with Crippen LogP contribution in [0.25, 0.3) is 27.6 Å². The number of ether oxygens (including phenoxy) is 8. The maximum atomic E-state index is 14.2. The van der Waals surface area contributed by atoms with Crippen molar-refractivity contribution in [1.29, 1.82) is 0 Å². The van der Waals surface area contributed by atoms with E-state index in [1.807, 2.05) is 0 Å². The van der Waals surface area contributed by atoms with Gasteiger partial charge in [0.2, 0.25) is 12.5 Å². The topological polar surface area (TPSA) is 113 Å². The van der Waals surface area contributed by atoms with E-state index in [0.29, 0.717) is 62.4 Å². The molecule has 208 valence electrons. The van der Waals surface area contributed by atoms with Crippen LogP contribution in [0.5, 0.6) is 40.2 Å². The first-order valence-electron chi connectivity index (χ1n) is 12.0. The van der Waals surface area contributed by atoms with E-state index in [2.05, 4.69) is 0 Å². The van der Waals surface area contributed by atoms with Crippen molar-refractivity contribution < 1.29 is 42.7 Å². The van der Waals surface area contributed by atoms with Crippen LogP contribution in [-0.4, -0.2) is 60.0 Å². The molecule has 0 saturated carbocycles. The lowest BCUT2D eigenvalue weighted by Gasteiger charge is -2.21. The molecule has 1 aliphatic rings. The van der Waals surface area contributed by atoms with Crippen molar-refractivity contribution in [2.75, 3.05) is 49.5 Å². The molecule has 0 amide bonds. The van der Waals surface area contributed by atoms with Gasteiger partial charge in [0.15, 0.2) is 34.5 Å². The summed E-state index contributed by atoms with van der Waals surface area (Å²) in [6.07, 6.45) is 0. The van der Waals surface area contributed by atoms with Gasteiger partial charge in [-0.2, -0.15) is 0 Å². The van der Waals surface area contributed by atoms with E-state index in [1.165, 1.54) is 47.2 Å². The summed E-state index contributed by atoms with van der Waals surface area (Å²) in [5, 5.41) is 0.668. The largest absolute Gasteiger partial charge is 0.493 e. The molecule has 0 bridgehead atoms. The third kappa shape index (κ3) is 4.15. The minimum atomic E-state index is -0.754. The summed E-state index contributed by atoms with van der Waals surface area (Å²) in [6, 6.07) is 11.5. The van der Waals surface area contributed by atoms with Crippen LogP contribution >= 0.6 is 0 Å². The number of nitrogens with zero attached hydrogens (tertiary/aromatic N) is 1. The van der Waals surface area contributed by atoms with E-state index in [-0.39, 0.29) is 17.9 Å². The first-order valence-corrected chi connectivity index (χ1v) is 12.0. The van der Waals surface area contributed by atoms with Gasteiger partial charge >= 0.3 is 5.97 Å².